The molecule has 0 amide bonds. The highest BCUT2D eigenvalue weighted by atomic mass is 35.5. The van der Waals surface area contributed by atoms with Crippen LogP contribution in [0.2, 0.25) is 5.02 Å². The first kappa shape index (κ1) is 15.4. The quantitative estimate of drug-likeness (QED) is 0.872. The van der Waals surface area contributed by atoms with E-state index < -0.39 is 11.9 Å². The lowest BCUT2D eigenvalue weighted by atomic mass is 9.92. The molecule has 0 bridgehead atoms. The number of carbonyl (C=O) groups is 1. The van der Waals surface area contributed by atoms with E-state index in [1.54, 1.807) is 19.2 Å². The van der Waals surface area contributed by atoms with Gasteiger partial charge in [0.25, 0.3) is 0 Å². The van der Waals surface area contributed by atoms with Gasteiger partial charge in [-0.05, 0) is 42.2 Å². The summed E-state index contributed by atoms with van der Waals surface area (Å²) in [5.74, 6) is -0.617. The van der Waals surface area contributed by atoms with Gasteiger partial charge in [-0.2, -0.15) is 0 Å². The van der Waals surface area contributed by atoms with E-state index in [4.69, 9.17) is 16.3 Å². The summed E-state index contributed by atoms with van der Waals surface area (Å²) in [6.45, 7) is 0. The minimum Gasteiger partial charge on any atom is -0.496 e. The molecule has 4 heteroatoms. The first-order valence-corrected chi connectivity index (χ1v) is 7.09. The van der Waals surface area contributed by atoms with Gasteiger partial charge < -0.3 is 9.84 Å². The van der Waals surface area contributed by atoms with Gasteiger partial charge in [0.15, 0.2) is 0 Å². The fraction of sp³-hybridized carbons (Fsp3) is 0.235. The Bertz CT molecular complexity index is 611. The van der Waals surface area contributed by atoms with Crippen LogP contribution in [-0.2, 0) is 11.2 Å². The molecule has 0 spiro atoms. The maximum Gasteiger partial charge on any atom is 0.310 e. The Hall–Kier alpha value is -2.00. The first-order valence-electron chi connectivity index (χ1n) is 6.72. The molecule has 0 saturated carbocycles. The van der Waals surface area contributed by atoms with Gasteiger partial charge in [0.1, 0.15) is 5.75 Å². The highest BCUT2D eigenvalue weighted by Crippen LogP contribution is 2.28. The second-order valence-electron chi connectivity index (χ2n) is 4.80. The zero-order valence-electron chi connectivity index (χ0n) is 11.8. The third kappa shape index (κ3) is 3.99. The number of hydrogen-bond donors (Lipinski definition) is 1. The molecule has 2 aromatic rings. The zero-order chi connectivity index (χ0) is 15.2. The van der Waals surface area contributed by atoms with Crippen molar-refractivity contribution in [1.82, 2.24) is 0 Å². The minimum absolute atomic E-state index is 0.496. The molecule has 0 saturated heterocycles. The molecular formula is C17H17ClO3. The van der Waals surface area contributed by atoms with Crippen molar-refractivity contribution in [2.45, 2.75) is 18.8 Å². The molecule has 3 nitrogen and oxygen atoms in total. The molecule has 0 aliphatic carbocycles. The highest BCUT2D eigenvalue weighted by molar-refractivity contribution is 6.30. The van der Waals surface area contributed by atoms with Gasteiger partial charge in [-0.15, -0.1) is 0 Å². The summed E-state index contributed by atoms with van der Waals surface area (Å²) in [6, 6.07) is 14.6. The number of rotatable bonds is 6. The Labute approximate surface area is 129 Å². The molecule has 0 aliphatic rings. The van der Waals surface area contributed by atoms with Crippen LogP contribution in [0.5, 0.6) is 5.75 Å². The second-order valence-corrected chi connectivity index (χ2v) is 5.23. The van der Waals surface area contributed by atoms with Crippen molar-refractivity contribution >= 4 is 17.6 Å². The van der Waals surface area contributed by atoms with Crippen LogP contribution in [0.1, 0.15) is 23.5 Å². The maximum atomic E-state index is 11.5. The van der Waals surface area contributed by atoms with Gasteiger partial charge in [0.05, 0.1) is 13.0 Å². The number of benzene rings is 2. The van der Waals surface area contributed by atoms with Gasteiger partial charge in [0, 0.05) is 5.02 Å². The van der Waals surface area contributed by atoms with Crippen LogP contribution in [0, 0.1) is 0 Å². The fourth-order valence-corrected chi connectivity index (χ4v) is 2.56. The molecule has 110 valence electrons. The average molecular weight is 305 g/mol. The van der Waals surface area contributed by atoms with Crippen molar-refractivity contribution < 1.29 is 14.6 Å². The normalized spacial score (nSPS) is 11.9. The number of halogens is 1. The van der Waals surface area contributed by atoms with Crippen LogP contribution < -0.4 is 4.74 Å². The maximum absolute atomic E-state index is 11.5. The van der Waals surface area contributed by atoms with Crippen molar-refractivity contribution in [2.75, 3.05) is 7.11 Å². The SMILES string of the molecule is COc1ccc(Cl)cc1CCC(C(=O)O)c1ccccc1. The largest absolute Gasteiger partial charge is 0.496 e. The zero-order valence-corrected chi connectivity index (χ0v) is 12.5. The van der Waals surface area contributed by atoms with E-state index >= 15 is 0 Å². The number of carboxylic acids is 1. The van der Waals surface area contributed by atoms with Crippen LogP contribution in [0.25, 0.3) is 0 Å². The van der Waals surface area contributed by atoms with Crippen molar-refractivity contribution in [3.63, 3.8) is 0 Å². The summed E-state index contributed by atoms with van der Waals surface area (Å²) in [6.07, 6.45) is 1.09. The number of carboxylic acid groups (broad SMARTS) is 1. The van der Waals surface area contributed by atoms with Crippen LogP contribution in [0.3, 0.4) is 0 Å². The number of hydrogen-bond acceptors (Lipinski definition) is 2. The van der Waals surface area contributed by atoms with E-state index in [0.29, 0.717) is 17.9 Å². The standard InChI is InChI=1S/C17H17ClO3/c1-21-16-10-8-14(18)11-13(16)7-9-15(17(19)20)12-5-3-2-4-6-12/h2-6,8,10-11,15H,7,9H2,1H3,(H,19,20). The lowest BCUT2D eigenvalue weighted by Gasteiger charge is -2.14. The van der Waals surface area contributed by atoms with Gasteiger partial charge in [-0.3, -0.25) is 4.79 Å². The summed E-state index contributed by atoms with van der Waals surface area (Å²) in [5.41, 5.74) is 1.73. The molecule has 0 aromatic heterocycles. The van der Waals surface area contributed by atoms with Gasteiger partial charge in [-0.1, -0.05) is 41.9 Å². The third-order valence-corrected chi connectivity index (χ3v) is 3.68. The van der Waals surface area contributed by atoms with E-state index in [9.17, 15) is 9.90 Å². The number of aliphatic carboxylic acids is 1. The minimum atomic E-state index is -0.817. The molecule has 0 fully saturated rings. The van der Waals surface area contributed by atoms with E-state index in [1.807, 2.05) is 36.4 Å². The number of aryl methyl sites for hydroxylation is 1. The predicted octanol–water partition coefficient (Wildman–Crippen LogP) is 4.15. The second kappa shape index (κ2) is 7.14. The van der Waals surface area contributed by atoms with E-state index in [-0.39, 0.29) is 0 Å². The van der Waals surface area contributed by atoms with E-state index in [0.717, 1.165) is 16.9 Å². The van der Waals surface area contributed by atoms with Crippen molar-refractivity contribution in [2.24, 2.45) is 0 Å². The monoisotopic (exact) mass is 304 g/mol. The Balaban J connectivity index is 2.16. The summed E-state index contributed by atoms with van der Waals surface area (Å²) in [4.78, 5) is 11.5. The summed E-state index contributed by atoms with van der Waals surface area (Å²) >= 11 is 6.00. The lowest BCUT2D eigenvalue weighted by molar-refractivity contribution is -0.138. The third-order valence-electron chi connectivity index (χ3n) is 3.44. The smallest absolute Gasteiger partial charge is 0.310 e. The molecule has 0 aliphatic heterocycles. The predicted molar refractivity (Wildman–Crippen MR) is 83.1 cm³/mol. The molecule has 0 heterocycles. The molecule has 1 N–H and O–H groups in total. The fourth-order valence-electron chi connectivity index (χ4n) is 2.36. The highest BCUT2D eigenvalue weighted by Gasteiger charge is 2.20. The summed E-state index contributed by atoms with van der Waals surface area (Å²) in [5, 5.41) is 10.1. The summed E-state index contributed by atoms with van der Waals surface area (Å²) < 4.78 is 5.29. The van der Waals surface area contributed by atoms with Crippen LogP contribution >= 0.6 is 11.6 Å². The van der Waals surface area contributed by atoms with Crippen molar-refractivity contribution in [3.8, 4) is 5.75 Å². The van der Waals surface area contributed by atoms with Crippen LogP contribution in [0.15, 0.2) is 48.5 Å². The van der Waals surface area contributed by atoms with E-state index in [1.165, 1.54) is 0 Å². The van der Waals surface area contributed by atoms with Gasteiger partial charge in [-0.25, -0.2) is 0 Å². The molecule has 21 heavy (non-hydrogen) atoms. The van der Waals surface area contributed by atoms with Crippen LogP contribution in [-0.4, -0.2) is 18.2 Å². The molecular weight excluding hydrogens is 288 g/mol. The van der Waals surface area contributed by atoms with Gasteiger partial charge >= 0.3 is 5.97 Å². The first-order chi connectivity index (χ1) is 10.1. The molecule has 2 aromatic carbocycles. The molecule has 1 atom stereocenters. The Morgan fingerprint density at radius 3 is 2.57 bits per heavy atom. The van der Waals surface area contributed by atoms with E-state index in [2.05, 4.69) is 0 Å². The Morgan fingerprint density at radius 1 is 1.24 bits per heavy atom. The molecule has 2 rings (SSSR count). The summed E-state index contributed by atoms with van der Waals surface area (Å²) in [7, 11) is 1.60. The van der Waals surface area contributed by atoms with Crippen molar-refractivity contribution in [3.05, 3.63) is 64.7 Å². The molecule has 0 radical (unpaired) electrons. The Morgan fingerprint density at radius 2 is 1.95 bits per heavy atom. The number of methoxy groups -OCH3 is 1. The van der Waals surface area contributed by atoms with Gasteiger partial charge in [0.2, 0.25) is 0 Å². The van der Waals surface area contributed by atoms with Crippen LogP contribution in [0.4, 0.5) is 0 Å². The molecule has 1 unspecified atom stereocenters. The van der Waals surface area contributed by atoms with Crippen molar-refractivity contribution in [1.29, 1.82) is 0 Å². The Kier molecular flexibility index (Phi) is 5.23. The average Bonchev–Trinajstić information content (AvgIpc) is 2.48. The lowest BCUT2D eigenvalue weighted by Crippen LogP contribution is -2.12. The number of ether oxygens (including phenoxy) is 1. The topological polar surface area (TPSA) is 46.5 Å².